The number of nitrogens with zero attached hydrogens (tertiary/aromatic N) is 1. The first kappa shape index (κ1) is 14.3. The third-order valence-corrected chi connectivity index (χ3v) is 3.91. The van der Waals surface area contributed by atoms with Crippen LogP contribution in [0.2, 0.25) is 0 Å². The molecule has 0 spiro atoms. The fourth-order valence-corrected chi connectivity index (χ4v) is 3.00. The smallest absolute Gasteiger partial charge is 0.327 e. The van der Waals surface area contributed by atoms with E-state index >= 15 is 0 Å². The molecule has 1 rings (SSSR count). The summed E-state index contributed by atoms with van der Waals surface area (Å²) in [7, 11) is 0. The third-order valence-electron chi connectivity index (χ3n) is 2.69. The first-order valence-corrected chi connectivity index (χ1v) is 6.87. The van der Waals surface area contributed by atoms with E-state index in [9.17, 15) is 9.59 Å². The highest BCUT2D eigenvalue weighted by atomic mass is 32.2. The minimum atomic E-state index is -0.910. The van der Waals surface area contributed by atoms with Crippen molar-refractivity contribution in [2.75, 3.05) is 12.3 Å². The number of aliphatic carboxylic acids is 1. The number of hydrogen-bond acceptors (Lipinski definition) is 4. The highest BCUT2D eigenvalue weighted by Gasteiger charge is 2.38. The number of carboxylic acid groups (broad SMARTS) is 1. The van der Waals surface area contributed by atoms with Crippen LogP contribution in [0.5, 0.6) is 0 Å². The molecule has 1 fully saturated rings. The highest BCUT2D eigenvalue weighted by molar-refractivity contribution is 8.00. The molecule has 0 radical (unpaired) electrons. The summed E-state index contributed by atoms with van der Waals surface area (Å²) in [6.45, 7) is 6.50. The molecule has 1 aliphatic heterocycles. The van der Waals surface area contributed by atoms with Gasteiger partial charge in [0.25, 0.3) is 0 Å². The van der Waals surface area contributed by atoms with Gasteiger partial charge in [0.1, 0.15) is 6.04 Å². The van der Waals surface area contributed by atoms with Gasteiger partial charge in [0.05, 0.1) is 5.37 Å². The molecule has 1 amide bonds. The number of carboxylic acids is 1. The number of carbonyl (C=O) groups is 2. The predicted molar refractivity (Wildman–Crippen MR) is 67.9 cm³/mol. The van der Waals surface area contributed by atoms with E-state index in [1.54, 1.807) is 0 Å². The molecule has 2 unspecified atom stereocenters. The lowest BCUT2D eigenvalue weighted by atomic mass is 10.2. The Balaban J connectivity index is 2.51. The van der Waals surface area contributed by atoms with Gasteiger partial charge >= 0.3 is 5.97 Å². The third kappa shape index (κ3) is 3.89. The molecule has 17 heavy (non-hydrogen) atoms. The van der Waals surface area contributed by atoms with Gasteiger partial charge in [-0.2, -0.15) is 0 Å². The second-order valence-corrected chi connectivity index (χ2v) is 5.80. The quantitative estimate of drug-likeness (QED) is 0.763. The van der Waals surface area contributed by atoms with Crippen molar-refractivity contribution in [1.82, 2.24) is 10.2 Å². The Morgan fingerprint density at radius 2 is 2.18 bits per heavy atom. The molecule has 1 aliphatic rings. The summed E-state index contributed by atoms with van der Waals surface area (Å²) >= 11 is 1.51. The molecule has 0 bridgehead atoms. The van der Waals surface area contributed by atoms with E-state index in [0.717, 1.165) is 0 Å². The average Bonchev–Trinajstić information content (AvgIpc) is 2.59. The summed E-state index contributed by atoms with van der Waals surface area (Å²) in [5.41, 5.74) is 0. The number of hydrogen-bond donors (Lipinski definition) is 2. The second-order valence-electron chi connectivity index (χ2n) is 4.45. The lowest BCUT2D eigenvalue weighted by molar-refractivity contribution is -0.148. The molecule has 2 N–H and O–H groups in total. The molecule has 1 heterocycles. The fourth-order valence-electron chi connectivity index (χ4n) is 1.81. The zero-order valence-corrected chi connectivity index (χ0v) is 11.3. The molecule has 98 valence electrons. The van der Waals surface area contributed by atoms with Crippen LogP contribution < -0.4 is 5.32 Å². The number of thioether (sulfide) groups is 1. The van der Waals surface area contributed by atoms with Gasteiger partial charge in [-0.3, -0.25) is 4.79 Å². The largest absolute Gasteiger partial charge is 0.480 e. The van der Waals surface area contributed by atoms with E-state index in [0.29, 0.717) is 24.8 Å². The van der Waals surface area contributed by atoms with Crippen molar-refractivity contribution >= 4 is 23.6 Å². The van der Waals surface area contributed by atoms with Crippen molar-refractivity contribution in [3.8, 4) is 0 Å². The van der Waals surface area contributed by atoms with Gasteiger partial charge in [0, 0.05) is 24.8 Å². The summed E-state index contributed by atoms with van der Waals surface area (Å²) < 4.78 is 0. The Morgan fingerprint density at radius 1 is 1.53 bits per heavy atom. The molecule has 2 atom stereocenters. The maximum absolute atomic E-state index is 12.0. The van der Waals surface area contributed by atoms with Gasteiger partial charge in [-0.15, -0.1) is 11.8 Å². The van der Waals surface area contributed by atoms with Crippen LogP contribution in [-0.4, -0.2) is 51.6 Å². The van der Waals surface area contributed by atoms with E-state index in [1.165, 1.54) is 16.7 Å². The van der Waals surface area contributed by atoms with Crippen molar-refractivity contribution in [2.24, 2.45) is 0 Å². The molecule has 0 saturated carbocycles. The van der Waals surface area contributed by atoms with Gasteiger partial charge in [-0.1, -0.05) is 13.8 Å². The van der Waals surface area contributed by atoms with Crippen LogP contribution in [0, 0.1) is 0 Å². The van der Waals surface area contributed by atoms with Crippen molar-refractivity contribution in [3.63, 3.8) is 0 Å². The summed E-state index contributed by atoms with van der Waals surface area (Å²) in [6.07, 6.45) is 0.354. The number of carbonyl (C=O) groups excluding carboxylic acids is 1. The fraction of sp³-hybridized carbons (Fsp3) is 0.818. The Hall–Kier alpha value is -0.750. The topological polar surface area (TPSA) is 69.6 Å². The minimum absolute atomic E-state index is 0.0392. The summed E-state index contributed by atoms with van der Waals surface area (Å²) in [4.78, 5) is 24.5. The van der Waals surface area contributed by atoms with E-state index in [4.69, 9.17) is 5.11 Å². The van der Waals surface area contributed by atoms with Crippen LogP contribution in [0.1, 0.15) is 27.2 Å². The lowest BCUT2D eigenvalue weighted by Gasteiger charge is -2.25. The van der Waals surface area contributed by atoms with Gasteiger partial charge < -0.3 is 15.3 Å². The monoisotopic (exact) mass is 260 g/mol. The average molecular weight is 260 g/mol. The molecular weight excluding hydrogens is 240 g/mol. The van der Waals surface area contributed by atoms with Crippen molar-refractivity contribution in [2.45, 2.75) is 44.6 Å². The summed E-state index contributed by atoms with van der Waals surface area (Å²) in [5.74, 6) is -0.505. The van der Waals surface area contributed by atoms with Crippen LogP contribution in [0.25, 0.3) is 0 Å². The van der Waals surface area contributed by atoms with Crippen LogP contribution in [-0.2, 0) is 9.59 Å². The second kappa shape index (κ2) is 6.26. The standard InChI is InChI=1S/C11H20N2O3S/c1-7(2)12-5-4-10(14)13-8(3)17-6-9(13)11(15)16/h7-9,12H,4-6H2,1-3H3,(H,15,16). The molecule has 0 aromatic heterocycles. The van der Waals surface area contributed by atoms with Crippen molar-refractivity contribution in [3.05, 3.63) is 0 Å². The van der Waals surface area contributed by atoms with Crippen LogP contribution in [0.15, 0.2) is 0 Å². The van der Waals surface area contributed by atoms with Crippen molar-refractivity contribution in [1.29, 1.82) is 0 Å². The van der Waals surface area contributed by atoms with Gasteiger partial charge in [0.2, 0.25) is 5.91 Å². The maximum atomic E-state index is 12.0. The van der Waals surface area contributed by atoms with Crippen LogP contribution in [0.3, 0.4) is 0 Å². The number of rotatable bonds is 5. The first-order chi connectivity index (χ1) is 7.93. The van der Waals surface area contributed by atoms with Gasteiger partial charge in [-0.05, 0) is 6.92 Å². The zero-order valence-electron chi connectivity index (χ0n) is 10.5. The number of amides is 1. The van der Waals surface area contributed by atoms with Crippen LogP contribution in [0.4, 0.5) is 0 Å². The molecule has 0 aromatic rings. The predicted octanol–water partition coefficient (Wildman–Crippen LogP) is 0.749. The van der Waals surface area contributed by atoms with Crippen LogP contribution >= 0.6 is 11.8 Å². The summed E-state index contributed by atoms with van der Waals surface area (Å²) in [5, 5.41) is 12.2. The molecular formula is C11H20N2O3S. The van der Waals surface area contributed by atoms with Crippen molar-refractivity contribution < 1.29 is 14.7 Å². The first-order valence-electron chi connectivity index (χ1n) is 5.82. The van der Waals surface area contributed by atoms with E-state index in [-0.39, 0.29) is 11.3 Å². The number of nitrogens with one attached hydrogen (secondary N) is 1. The maximum Gasteiger partial charge on any atom is 0.327 e. The molecule has 1 saturated heterocycles. The van der Waals surface area contributed by atoms with Gasteiger partial charge in [-0.25, -0.2) is 4.79 Å². The lowest BCUT2D eigenvalue weighted by Crippen LogP contribution is -2.45. The Labute approximate surface area is 106 Å². The minimum Gasteiger partial charge on any atom is -0.480 e. The molecule has 0 aromatic carbocycles. The highest BCUT2D eigenvalue weighted by Crippen LogP contribution is 2.29. The Morgan fingerprint density at radius 3 is 2.71 bits per heavy atom. The molecule has 6 heteroatoms. The van der Waals surface area contributed by atoms with E-state index < -0.39 is 12.0 Å². The summed E-state index contributed by atoms with van der Waals surface area (Å²) in [6, 6.07) is -0.329. The molecule has 0 aliphatic carbocycles. The Bertz CT molecular complexity index is 296. The van der Waals surface area contributed by atoms with E-state index in [1.807, 2.05) is 20.8 Å². The zero-order chi connectivity index (χ0) is 13.0. The normalized spacial score (nSPS) is 24.4. The van der Waals surface area contributed by atoms with Gasteiger partial charge in [0.15, 0.2) is 0 Å². The SMILES string of the molecule is CC(C)NCCC(=O)N1C(C)SCC1C(=O)O. The Kier molecular flexibility index (Phi) is 5.27. The van der Waals surface area contributed by atoms with E-state index in [2.05, 4.69) is 5.32 Å². The molecule has 5 nitrogen and oxygen atoms in total.